The smallest absolute Gasteiger partial charge is 0.270 e. The van der Waals surface area contributed by atoms with Crippen LogP contribution in [0.5, 0.6) is 0 Å². The van der Waals surface area contributed by atoms with Crippen LogP contribution in [0.3, 0.4) is 0 Å². The molecule has 18 heavy (non-hydrogen) atoms. The summed E-state index contributed by atoms with van der Waals surface area (Å²) in [5, 5.41) is 9.60. The largest absolute Gasteiger partial charge is 0.301 e. The third kappa shape index (κ3) is 4.16. The molecule has 0 aliphatic rings. The number of halogens is 1. The average Bonchev–Trinajstić information content (AvgIpc) is 2.74. The molecule has 7 nitrogen and oxygen atoms in total. The van der Waals surface area contributed by atoms with Gasteiger partial charge < -0.3 is 5.32 Å². The van der Waals surface area contributed by atoms with Crippen molar-refractivity contribution < 1.29 is 13.2 Å². The van der Waals surface area contributed by atoms with Crippen molar-refractivity contribution in [2.45, 2.75) is 30.6 Å². The van der Waals surface area contributed by atoms with E-state index in [4.69, 9.17) is 11.6 Å². The lowest BCUT2D eigenvalue weighted by molar-refractivity contribution is -0.114. The molecular formula is C8H13ClN4O3S2. The molecule has 10 heteroatoms. The molecule has 0 radical (unpaired) electrons. The number of nitrogens with zero attached hydrogens (tertiary/aromatic N) is 2. The number of sulfonamides is 1. The molecule has 1 aromatic rings. The van der Waals surface area contributed by atoms with E-state index in [-0.39, 0.29) is 27.3 Å². The van der Waals surface area contributed by atoms with Crippen LogP contribution in [-0.4, -0.2) is 36.4 Å². The minimum absolute atomic E-state index is 0.141. The van der Waals surface area contributed by atoms with Crippen LogP contribution in [-0.2, 0) is 14.8 Å². The molecule has 0 aliphatic heterocycles. The fourth-order valence-corrected chi connectivity index (χ4v) is 3.68. The number of amides is 1. The molecule has 1 aromatic heterocycles. The first-order valence-corrected chi connectivity index (χ1v) is 7.91. The fraction of sp³-hybridized carbons (Fsp3) is 0.625. The summed E-state index contributed by atoms with van der Waals surface area (Å²) in [5.41, 5.74) is 0. The normalized spacial score (nSPS) is 13.3. The second-order valence-electron chi connectivity index (χ2n) is 3.44. The van der Waals surface area contributed by atoms with Gasteiger partial charge in [-0.25, -0.2) is 13.1 Å². The lowest BCUT2D eigenvalue weighted by Gasteiger charge is -2.11. The second kappa shape index (κ2) is 6.41. The molecule has 1 rings (SSSR count). The molecule has 0 saturated carbocycles. The Labute approximate surface area is 114 Å². The maximum Gasteiger partial charge on any atom is 0.270 e. The molecule has 0 spiro atoms. The van der Waals surface area contributed by atoms with Gasteiger partial charge in [-0.3, -0.25) is 4.79 Å². The van der Waals surface area contributed by atoms with E-state index in [0.717, 1.165) is 11.3 Å². The summed E-state index contributed by atoms with van der Waals surface area (Å²) in [7, 11) is -3.74. The summed E-state index contributed by atoms with van der Waals surface area (Å²) >= 11 is 6.40. The summed E-state index contributed by atoms with van der Waals surface area (Å²) in [5.74, 6) is -0.164. The van der Waals surface area contributed by atoms with Crippen LogP contribution in [0.4, 0.5) is 5.13 Å². The minimum atomic E-state index is -3.74. The Hall–Kier alpha value is -0.770. The summed E-state index contributed by atoms with van der Waals surface area (Å²) in [4.78, 5) is 10.8. The van der Waals surface area contributed by atoms with Gasteiger partial charge >= 0.3 is 0 Å². The monoisotopic (exact) mass is 312 g/mol. The quantitative estimate of drug-likeness (QED) is 0.597. The number of carbonyl (C=O) groups is 1. The van der Waals surface area contributed by atoms with Crippen LogP contribution in [0.2, 0.25) is 0 Å². The van der Waals surface area contributed by atoms with Crippen LogP contribution >= 0.6 is 22.9 Å². The zero-order valence-electron chi connectivity index (χ0n) is 9.81. The number of carbonyl (C=O) groups excluding carboxylic acids is 1. The summed E-state index contributed by atoms with van der Waals surface area (Å²) in [6.45, 7) is 3.12. The highest BCUT2D eigenvalue weighted by atomic mass is 35.5. The number of aromatic nitrogens is 2. The van der Waals surface area contributed by atoms with E-state index < -0.39 is 10.0 Å². The van der Waals surface area contributed by atoms with Gasteiger partial charge in [0.25, 0.3) is 10.0 Å². The Balaban J connectivity index is 2.85. The van der Waals surface area contributed by atoms with Crippen molar-refractivity contribution in [1.29, 1.82) is 0 Å². The fourth-order valence-electron chi connectivity index (χ4n) is 1.01. The molecule has 0 aromatic carbocycles. The van der Waals surface area contributed by atoms with Crippen molar-refractivity contribution in [1.82, 2.24) is 14.9 Å². The van der Waals surface area contributed by atoms with Gasteiger partial charge in [0, 0.05) is 18.8 Å². The molecule has 0 fully saturated rings. The van der Waals surface area contributed by atoms with E-state index in [1.165, 1.54) is 6.92 Å². The summed E-state index contributed by atoms with van der Waals surface area (Å²) < 4.78 is 26.0. The highest BCUT2D eigenvalue weighted by Crippen LogP contribution is 2.20. The van der Waals surface area contributed by atoms with Gasteiger partial charge in [-0.1, -0.05) is 18.3 Å². The van der Waals surface area contributed by atoms with E-state index >= 15 is 0 Å². The Morgan fingerprint density at radius 1 is 1.50 bits per heavy atom. The lowest BCUT2D eigenvalue weighted by atomic mass is 10.3. The van der Waals surface area contributed by atoms with Gasteiger partial charge in [0.15, 0.2) is 0 Å². The average molecular weight is 313 g/mol. The van der Waals surface area contributed by atoms with Crippen LogP contribution in [0, 0.1) is 0 Å². The van der Waals surface area contributed by atoms with Crippen molar-refractivity contribution in [2.75, 3.05) is 11.2 Å². The third-order valence-corrected chi connectivity index (χ3v) is 5.02. The maximum absolute atomic E-state index is 11.9. The van der Waals surface area contributed by atoms with Crippen LogP contribution < -0.4 is 10.0 Å². The number of hydrogen-bond acceptors (Lipinski definition) is 6. The van der Waals surface area contributed by atoms with E-state index in [9.17, 15) is 13.2 Å². The molecule has 1 amide bonds. The van der Waals surface area contributed by atoms with Crippen LogP contribution in [0.1, 0.15) is 20.3 Å². The van der Waals surface area contributed by atoms with Crippen molar-refractivity contribution >= 4 is 44.0 Å². The highest BCUT2D eigenvalue weighted by molar-refractivity contribution is 7.91. The molecule has 1 heterocycles. The van der Waals surface area contributed by atoms with Crippen molar-refractivity contribution in [3.05, 3.63) is 0 Å². The van der Waals surface area contributed by atoms with E-state index in [0.29, 0.717) is 6.42 Å². The number of hydrogen-bond donors (Lipinski definition) is 2. The number of rotatable bonds is 6. The summed E-state index contributed by atoms with van der Waals surface area (Å²) in [6.07, 6.45) is 0.570. The molecule has 2 N–H and O–H groups in total. The first-order valence-electron chi connectivity index (χ1n) is 5.08. The Morgan fingerprint density at radius 3 is 2.67 bits per heavy atom. The lowest BCUT2D eigenvalue weighted by Crippen LogP contribution is -2.35. The molecule has 1 unspecified atom stereocenters. The Bertz CT molecular complexity index is 512. The predicted octanol–water partition coefficient (Wildman–Crippen LogP) is 0.792. The van der Waals surface area contributed by atoms with Gasteiger partial charge in [-0.2, -0.15) is 0 Å². The minimum Gasteiger partial charge on any atom is -0.301 e. The highest BCUT2D eigenvalue weighted by Gasteiger charge is 2.23. The predicted molar refractivity (Wildman–Crippen MR) is 69.3 cm³/mol. The zero-order valence-corrected chi connectivity index (χ0v) is 12.2. The molecular weight excluding hydrogens is 300 g/mol. The van der Waals surface area contributed by atoms with E-state index in [2.05, 4.69) is 20.2 Å². The zero-order chi connectivity index (χ0) is 13.8. The van der Waals surface area contributed by atoms with E-state index in [1.54, 1.807) is 0 Å². The van der Waals surface area contributed by atoms with E-state index in [1.807, 2.05) is 6.92 Å². The Morgan fingerprint density at radius 2 is 2.17 bits per heavy atom. The van der Waals surface area contributed by atoms with Crippen LogP contribution in [0.25, 0.3) is 0 Å². The number of alkyl halides is 1. The van der Waals surface area contributed by atoms with Crippen molar-refractivity contribution in [3.8, 4) is 0 Å². The standard InChI is InChI=1S/C8H13ClN4O3S2/c1-3-6(4-9)13-18(15,16)8-12-11-7(17-8)10-5(2)14/h6,13H,3-4H2,1-2H3,(H,10,11,14). The van der Waals surface area contributed by atoms with Crippen molar-refractivity contribution in [2.24, 2.45) is 0 Å². The molecule has 0 aliphatic carbocycles. The number of nitrogens with one attached hydrogen (secondary N) is 2. The third-order valence-electron chi connectivity index (χ3n) is 1.92. The van der Waals surface area contributed by atoms with Gasteiger partial charge in [-0.05, 0) is 6.42 Å². The van der Waals surface area contributed by atoms with Gasteiger partial charge in [0.2, 0.25) is 15.4 Å². The molecule has 0 saturated heterocycles. The summed E-state index contributed by atoms with van der Waals surface area (Å²) in [6, 6.07) is -0.357. The Kier molecular flexibility index (Phi) is 5.45. The second-order valence-corrected chi connectivity index (χ2v) is 6.61. The molecule has 102 valence electrons. The first kappa shape index (κ1) is 15.3. The van der Waals surface area contributed by atoms with Gasteiger partial charge in [0.05, 0.1) is 0 Å². The molecule has 1 atom stereocenters. The first-order chi connectivity index (χ1) is 8.39. The maximum atomic E-state index is 11.9. The molecule has 0 bridgehead atoms. The van der Waals surface area contributed by atoms with Gasteiger partial charge in [0.1, 0.15) is 0 Å². The van der Waals surface area contributed by atoms with Crippen LogP contribution in [0.15, 0.2) is 4.34 Å². The number of anilines is 1. The topological polar surface area (TPSA) is 101 Å². The van der Waals surface area contributed by atoms with Crippen molar-refractivity contribution in [3.63, 3.8) is 0 Å². The van der Waals surface area contributed by atoms with Gasteiger partial charge in [-0.15, -0.1) is 21.8 Å². The SMILES string of the molecule is CCC(CCl)NS(=O)(=O)c1nnc(NC(C)=O)s1.